The number of hydrogen-bond donors (Lipinski definition) is 0. The van der Waals surface area contributed by atoms with Gasteiger partial charge in [0, 0.05) is 6.42 Å². The zero-order valence-corrected chi connectivity index (χ0v) is 25.2. The van der Waals surface area contributed by atoms with Crippen LogP contribution in [0.5, 0.6) is 5.75 Å². The molecule has 38 heavy (non-hydrogen) atoms. The first-order valence-corrected chi connectivity index (χ1v) is 16.7. The Bertz CT molecular complexity index is 636. The Hall–Kier alpha value is -1.57. The fourth-order valence-electron chi connectivity index (χ4n) is 5.16. The predicted molar refractivity (Wildman–Crippen MR) is 167 cm³/mol. The van der Waals surface area contributed by atoms with E-state index in [4.69, 9.17) is 4.74 Å². The smallest absolute Gasteiger partial charge is 0.311 e. The van der Waals surface area contributed by atoms with E-state index in [-0.39, 0.29) is 5.97 Å². The third-order valence-electron chi connectivity index (χ3n) is 7.63. The first kappa shape index (κ1) is 34.5. The molecule has 1 aromatic rings. The molecule has 0 aliphatic carbocycles. The summed E-state index contributed by atoms with van der Waals surface area (Å²) in [6.45, 7) is 2.30. The topological polar surface area (TPSA) is 26.3 Å². The van der Waals surface area contributed by atoms with Crippen LogP contribution in [0.1, 0.15) is 174 Å². The van der Waals surface area contributed by atoms with Crippen LogP contribution >= 0.6 is 0 Å². The van der Waals surface area contributed by atoms with E-state index in [9.17, 15) is 4.79 Å². The molecule has 0 bridgehead atoms. The normalized spacial score (nSPS) is 11.4. The van der Waals surface area contributed by atoms with Crippen LogP contribution in [-0.2, 0) is 4.79 Å². The van der Waals surface area contributed by atoms with Crippen molar-refractivity contribution in [3.05, 3.63) is 42.5 Å². The molecule has 0 aromatic heterocycles. The summed E-state index contributed by atoms with van der Waals surface area (Å²) in [5.41, 5.74) is 0. The van der Waals surface area contributed by atoms with E-state index in [1.54, 1.807) is 0 Å². The summed E-state index contributed by atoms with van der Waals surface area (Å²) in [6.07, 6.45) is 39.6. The molecule has 2 heteroatoms. The number of esters is 1. The molecule has 0 saturated heterocycles. The van der Waals surface area contributed by atoms with E-state index in [1.807, 2.05) is 30.3 Å². The van der Waals surface area contributed by atoms with Crippen LogP contribution in [0.15, 0.2) is 42.5 Å². The quantitative estimate of drug-likeness (QED) is 0.0469. The molecule has 0 unspecified atom stereocenters. The number of unbranched alkanes of at least 4 members (excludes halogenated alkanes) is 23. The average Bonchev–Trinajstić information content (AvgIpc) is 2.93. The molecule has 1 aromatic carbocycles. The maximum atomic E-state index is 11.8. The van der Waals surface area contributed by atoms with E-state index in [2.05, 4.69) is 19.1 Å². The van der Waals surface area contributed by atoms with E-state index in [0.29, 0.717) is 12.2 Å². The van der Waals surface area contributed by atoms with Gasteiger partial charge in [-0.15, -0.1) is 0 Å². The van der Waals surface area contributed by atoms with Gasteiger partial charge >= 0.3 is 5.97 Å². The van der Waals surface area contributed by atoms with Crippen molar-refractivity contribution in [1.29, 1.82) is 0 Å². The number of allylic oxidation sites excluding steroid dienone is 2. The Balaban J connectivity index is 1.69. The minimum Gasteiger partial charge on any atom is -0.427 e. The van der Waals surface area contributed by atoms with Gasteiger partial charge in [-0.25, -0.2) is 0 Å². The number of rotatable bonds is 28. The lowest BCUT2D eigenvalue weighted by atomic mass is 10.0. The highest BCUT2D eigenvalue weighted by atomic mass is 16.5. The second kappa shape index (κ2) is 28.4. The fourth-order valence-corrected chi connectivity index (χ4v) is 5.16. The van der Waals surface area contributed by atoms with Crippen LogP contribution in [0.25, 0.3) is 0 Å². The Morgan fingerprint density at radius 1 is 0.526 bits per heavy atom. The monoisotopic (exact) mass is 526 g/mol. The molecular formula is C36H62O2. The van der Waals surface area contributed by atoms with Crippen molar-refractivity contribution in [1.82, 2.24) is 0 Å². The number of benzene rings is 1. The number of hydrogen-bond acceptors (Lipinski definition) is 2. The van der Waals surface area contributed by atoms with Crippen LogP contribution < -0.4 is 4.74 Å². The molecule has 1 rings (SSSR count). The van der Waals surface area contributed by atoms with Gasteiger partial charge in [-0.05, 0) is 31.4 Å². The number of ether oxygens (including phenoxy) is 1. The standard InChI is InChI=1S/C36H62O2/c1-2-3-4-5-6-7-8-9-10-11-12-13-14-15-16-17-18-19-20-21-22-23-24-25-26-27-31-34-36(37)38-35-32-29-28-30-33-35/h26-30,32-33H,2-25,31,34H2,1H3. The predicted octanol–water partition coefficient (Wildman–Crippen LogP) is 12.3. The van der Waals surface area contributed by atoms with Gasteiger partial charge in [0.25, 0.3) is 0 Å². The molecule has 2 nitrogen and oxygen atoms in total. The van der Waals surface area contributed by atoms with Crippen molar-refractivity contribution in [2.45, 2.75) is 174 Å². The minimum absolute atomic E-state index is 0.152. The average molecular weight is 527 g/mol. The van der Waals surface area contributed by atoms with Crippen molar-refractivity contribution in [2.75, 3.05) is 0 Å². The van der Waals surface area contributed by atoms with Crippen LogP contribution in [-0.4, -0.2) is 5.97 Å². The van der Waals surface area contributed by atoms with Gasteiger partial charge < -0.3 is 4.74 Å². The lowest BCUT2D eigenvalue weighted by Crippen LogP contribution is -2.06. The minimum atomic E-state index is -0.152. The molecule has 0 radical (unpaired) electrons. The van der Waals surface area contributed by atoms with Crippen molar-refractivity contribution in [3.63, 3.8) is 0 Å². The second-order valence-electron chi connectivity index (χ2n) is 11.4. The summed E-state index contributed by atoms with van der Waals surface area (Å²) in [5, 5.41) is 0. The van der Waals surface area contributed by atoms with Crippen LogP contribution in [0.4, 0.5) is 0 Å². The molecule has 0 spiro atoms. The number of para-hydroxylation sites is 1. The number of carbonyl (C=O) groups excluding carboxylic acids is 1. The zero-order chi connectivity index (χ0) is 27.2. The summed E-state index contributed by atoms with van der Waals surface area (Å²) >= 11 is 0. The summed E-state index contributed by atoms with van der Waals surface area (Å²) in [6, 6.07) is 9.31. The van der Waals surface area contributed by atoms with Gasteiger partial charge in [0.2, 0.25) is 0 Å². The zero-order valence-electron chi connectivity index (χ0n) is 25.2. The summed E-state index contributed by atoms with van der Waals surface area (Å²) in [5.74, 6) is 0.479. The van der Waals surface area contributed by atoms with Crippen LogP contribution in [0, 0.1) is 0 Å². The fraction of sp³-hybridized carbons (Fsp3) is 0.750. The van der Waals surface area contributed by atoms with Gasteiger partial charge in [-0.2, -0.15) is 0 Å². The molecule has 0 fully saturated rings. The molecule has 0 amide bonds. The third-order valence-corrected chi connectivity index (χ3v) is 7.63. The SMILES string of the molecule is CCCCCCCCCCCCCCCCCCCCCCCCCC=CCCC(=O)Oc1ccccc1. The first-order chi connectivity index (χ1) is 18.8. The van der Waals surface area contributed by atoms with Crippen molar-refractivity contribution in [3.8, 4) is 5.75 Å². The lowest BCUT2D eigenvalue weighted by Gasteiger charge is -2.04. The van der Waals surface area contributed by atoms with Gasteiger partial charge in [0.05, 0.1) is 0 Å². The van der Waals surface area contributed by atoms with Crippen molar-refractivity contribution >= 4 is 5.97 Å². The largest absolute Gasteiger partial charge is 0.427 e. The van der Waals surface area contributed by atoms with Gasteiger partial charge in [-0.3, -0.25) is 4.79 Å². The van der Waals surface area contributed by atoms with Gasteiger partial charge in [0.1, 0.15) is 5.75 Å². The van der Waals surface area contributed by atoms with Gasteiger partial charge in [-0.1, -0.05) is 179 Å². The highest BCUT2D eigenvalue weighted by molar-refractivity contribution is 5.72. The molecule has 218 valence electrons. The Labute approximate surface area is 237 Å². The molecule has 0 atom stereocenters. The van der Waals surface area contributed by atoms with Crippen LogP contribution in [0.3, 0.4) is 0 Å². The Morgan fingerprint density at radius 2 is 0.895 bits per heavy atom. The molecule has 0 N–H and O–H groups in total. The van der Waals surface area contributed by atoms with Crippen molar-refractivity contribution < 1.29 is 9.53 Å². The molecule has 0 heterocycles. The summed E-state index contributed by atoms with van der Waals surface area (Å²) < 4.78 is 5.30. The molecule has 0 aliphatic rings. The maximum absolute atomic E-state index is 11.8. The molecule has 0 saturated carbocycles. The lowest BCUT2D eigenvalue weighted by molar-refractivity contribution is -0.134. The van der Waals surface area contributed by atoms with Crippen LogP contribution in [0.2, 0.25) is 0 Å². The third kappa shape index (κ3) is 24.7. The number of carbonyl (C=O) groups is 1. The summed E-state index contributed by atoms with van der Waals surface area (Å²) in [7, 11) is 0. The molecular weight excluding hydrogens is 464 g/mol. The van der Waals surface area contributed by atoms with E-state index in [0.717, 1.165) is 12.8 Å². The highest BCUT2D eigenvalue weighted by Gasteiger charge is 2.02. The maximum Gasteiger partial charge on any atom is 0.311 e. The Kier molecular flexibility index (Phi) is 25.8. The molecule has 0 aliphatic heterocycles. The second-order valence-corrected chi connectivity index (χ2v) is 11.4. The van der Waals surface area contributed by atoms with E-state index >= 15 is 0 Å². The van der Waals surface area contributed by atoms with Gasteiger partial charge in [0.15, 0.2) is 0 Å². The van der Waals surface area contributed by atoms with E-state index in [1.165, 1.54) is 148 Å². The van der Waals surface area contributed by atoms with Crippen molar-refractivity contribution in [2.24, 2.45) is 0 Å². The first-order valence-electron chi connectivity index (χ1n) is 16.7. The van der Waals surface area contributed by atoms with E-state index < -0.39 is 0 Å². The summed E-state index contributed by atoms with van der Waals surface area (Å²) in [4.78, 5) is 11.8. The Morgan fingerprint density at radius 3 is 1.32 bits per heavy atom. The highest BCUT2D eigenvalue weighted by Crippen LogP contribution is 2.16.